The van der Waals surface area contributed by atoms with Crippen LogP contribution >= 0.6 is 0 Å². The highest BCUT2D eigenvalue weighted by atomic mass is 16.5. The van der Waals surface area contributed by atoms with Crippen LogP contribution in [-0.2, 0) is 16.1 Å². The molecule has 23 heavy (non-hydrogen) atoms. The zero-order valence-corrected chi connectivity index (χ0v) is 13.7. The Kier molecular flexibility index (Phi) is 5.81. The van der Waals surface area contributed by atoms with Gasteiger partial charge in [-0.1, -0.05) is 6.92 Å². The SMILES string of the molecule is CCOC(=O)C1=C(CN(C)Cc2ccco2)NC(=O)NC1CC. The van der Waals surface area contributed by atoms with Crippen LogP contribution in [0, 0.1) is 0 Å². The zero-order valence-electron chi connectivity index (χ0n) is 13.7. The zero-order chi connectivity index (χ0) is 16.8. The van der Waals surface area contributed by atoms with Crippen molar-refractivity contribution >= 4 is 12.0 Å². The molecule has 1 aliphatic rings. The van der Waals surface area contributed by atoms with Gasteiger partial charge in [-0.05, 0) is 32.5 Å². The Bertz CT molecular complexity index is 580. The fourth-order valence-electron chi connectivity index (χ4n) is 2.58. The quantitative estimate of drug-likeness (QED) is 0.746. The summed E-state index contributed by atoms with van der Waals surface area (Å²) in [6.45, 7) is 4.96. The minimum atomic E-state index is -0.395. The number of urea groups is 1. The topological polar surface area (TPSA) is 83.8 Å². The number of hydrogen-bond donors (Lipinski definition) is 2. The fourth-order valence-corrected chi connectivity index (χ4v) is 2.58. The lowest BCUT2D eigenvalue weighted by Gasteiger charge is -2.30. The summed E-state index contributed by atoms with van der Waals surface area (Å²) in [6, 6.07) is 3.07. The first kappa shape index (κ1) is 17.1. The van der Waals surface area contributed by atoms with Crippen molar-refractivity contribution in [3.05, 3.63) is 35.4 Å². The largest absolute Gasteiger partial charge is 0.468 e. The molecule has 0 fully saturated rings. The molecule has 126 valence electrons. The Labute approximate surface area is 135 Å². The number of ether oxygens (including phenoxy) is 1. The van der Waals surface area contributed by atoms with Crippen LogP contribution in [0.1, 0.15) is 26.0 Å². The van der Waals surface area contributed by atoms with Crippen molar-refractivity contribution in [3.8, 4) is 0 Å². The number of rotatable bonds is 7. The van der Waals surface area contributed by atoms with E-state index < -0.39 is 5.97 Å². The van der Waals surface area contributed by atoms with Gasteiger partial charge < -0.3 is 19.8 Å². The van der Waals surface area contributed by atoms with Gasteiger partial charge in [-0.15, -0.1) is 0 Å². The monoisotopic (exact) mass is 321 g/mol. The normalized spacial score (nSPS) is 17.9. The predicted octanol–water partition coefficient (Wildman–Crippen LogP) is 1.62. The second kappa shape index (κ2) is 7.82. The third-order valence-corrected chi connectivity index (χ3v) is 3.58. The van der Waals surface area contributed by atoms with Crippen LogP contribution in [0.25, 0.3) is 0 Å². The molecule has 0 radical (unpaired) electrons. The number of nitrogens with zero attached hydrogens (tertiary/aromatic N) is 1. The number of hydrogen-bond acceptors (Lipinski definition) is 5. The van der Waals surface area contributed by atoms with Crippen LogP contribution in [0.2, 0.25) is 0 Å². The van der Waals surface area contributed by atoms with Crippen LogP contribution in [0.4, 0.5) is 4.79 Å². The van der Waals surface area contributed by atoms with Gasteiger partial charge >= 0.3 is 12.0 Å². The standard InChI is InChI=1S/C16H23N3O4/c1-4-12-14(15(20)22-5-2)13(18-16(21)17-12)10-19(3)9-11-7-6-8-23-11/h6-8,12H,4-5,9-10H2,1-3H3,(H2,17,18,21). The van der Waals surface area contributed by atoms with E-state index in [9.17, 15) is 9.59 Å². The summed E-state index contributed by atoms with van der Waals surface area (Å²) in [6.07, 6.45) is 2.23. The van der Waals surface area contributed by atoms with Crippen LogP contribution in [0.5, 0.6) is 0 Å². The molecule has 0 saturated heterocycles. The molecule has 1 unspecified atom stereocenters. The third-order valence-electron chi connectivity index (χ3n) is 3.58. The fraction of sp³-hybridized carbons (Fsp3) is 0.500. The Morgan fingerprint density at radius 1 is 1.39 bits per heavy atom. The van der Waals surface area contributed by atoms with Crippen molar-refractivity contribution in [2.75, 3.05) is 20.2 Å². The van der Waals surface area contributed by atoms with Crippen LogP contribution in [0.15, 0.2) is 34.1 Å². The highest BCUT2D eigenvalue weighted by Crippen LogP contribution is 2.18. The number of carbonyl (C=O) groups is 2. The van der Waals surface area contributed by atoms with Crippen LogP contribution in [-0.4, -0.2) is 43.1 Å². The summed E-state index contributed by atoms with van der Waals surface area (Å²) in [5.41, 5.74) is 1.06. The number of carbonyl (C=O) groups excluding carboxylic acids is 2. The number of amides is 2. The summed E-state index contributed by atoms with van der Waals surface area (Å²) in [4.78, 5) is 26.1. The Balaban J connectivity index is 2.20. The lowest BCUT2D eigenvalue weighted by molar-refractivity contribution is -0.139. The molecule has 2 amide bonds. The van der Waals surface area contributed by atoms with Crippen LogP contribution in [0.3, 0.4) is 0 Å². The summed E-state index contributed by atoms with van der Waals surface area (Å²) >= 11 is 0. The molecule has 0 spiro atoms. The average molecular weight is 321 g/mol. The maximum Gasteiger partial charge on any atom is 0.337 e. The van der Waals surface area contributed by atoms with Gasteiger partial charge in [0.15, 0.2) is 0 Å². The molecule has 2 N–H and O–H groups in total. The Morgan fingerprint density at radius 2 is 2.17 bits per heavy atom. The molecule has 1 aromatic rings. The third kappa shape index (κ3) is 4.35. The molecule has 1 aliphatic heterocycles. The maximum atomic E-state index is 12.3. The number of likely N-dealkylation sites (N-methyl/N-ethyl adjacent to an activating group) is 1. The first-order valence-corrected chi connectivity index (χ1v) is 7.73. The summed E-state index contributed by atoms with van der Waals surface area (Å²) < 4.78 is 10.5. The van der Waals surface area contributed by atoms with Gasteiger partial charge in [0.25, 0.3) is 0 Å². The van der Waals surface area contributed by atoms with Crippen molar-refractivity contribution in [1.82, 2.24) is 15.5 Å². The minimum absolute atomic E-state index is 0.294. The molecule has 1 atom stereocenters. The van der Waals surface area contributed by atoms with Crippen LogP contribution < -0.4 is 10.6 Å². The smallest absolute Gasteiger partial charge is 0.337 e. The van der Waals surface area contributed by atoms with E-state index in [4.69, 9.17) is 9.15 Å². The first-order chi connectivity index (χ1) is 11.0. The van der Waals surface area contributed by atoms with Crippen molar-refractivity contribution in [2.45, 2.75) is 32.9 Å². The molecular formula is C16H23N3O4. The van der Waals surface area contributed by atoms with Gasteiger partial charge in [0, 0.05) is 12.2 Å². The average Bonchev–Trinajstić information content (AvgIpc) is 2.99. The van der Waals surface area contributed by atoms with Crippen molar-refractivity contribution in [3.63, 3.8) is 0 Å². The molecule has 0 aliphatic carbocycles. The molecular weight excluding hydrogens is 298 g/mol. The summed E-state index contributed by atoms with van der Waals surface area (Å²) in [5, 5.41) is 5.50. The summed E-state index contributed by atoms with van der Waals surface area (Å²) in [5.74, 6) is 0.423. The Morgan fingerprint density at radius 3 is 2.78 bits per heavy atom. The van der Waals surface area contributed by atoms with Crippen molar-refractivity contribution in [1.29, 1.82) is 0 Å². The lowest BCUT2D eigenvalue weighted by atomic mass is 10.00. The van der Waals surface area contributed by atoms with E-state index in [1.54, 1.807) is 13.2 Å². The highest BCUT2D eigenvalue weighted by Gasteiger charge is 2.31. The summed E-state index contributed by atoms with van der Waals surface area (Å²) in [7, 11) is 1.90. The molecule has 7 heteroatoms. The van der Waals surface area contributed by atoms with Gasteiger partial charge in [-0.3, -0.25) is 4.90 Å². The van der Waals surface area contributed by atoms with Gasteiger partial charge in [-0.2, -0.15) is 0 Å². The second-order valence-electron chi connectivity index (χ2n) is 5.42. The van der Waals surface area contributed by atoms with Gasteiger partial charge in [0.2, 0.25) is 0 Å². The van der Waals surface area contributed by atoms with E-state index in [1.807, 2.05) is 31.0 Å². The van der Waals surface area contributed by atoms with Crippen molar-refractivity contribution in [2.24, 2.45) is 0 Å². The molecule has 7 nitrogen and oxygen atoms in total. The molecule has 0 aromatic carbocycles. The van der Waals surface area contributed by atoms with E-state index >= 15 is 0 Å². The van der Waals surface area contributed by atoms with E-state index in [0.717, 1.165) is 5.76 Å². The molecule has 0 saturated carbocycles. The lowest BCUT2D eigenvalue weighted by Crippen LogP contribution is -2.51. The van der Waals surface area contributed by atoms with Crippen molar-refractivity contribution < 1.29 is 18.7 Å². The second-order valence-corrected chi connectivity index (χ2v) is 5.42. The number of esters is 1. The Hall–Kier alpha value is -2.28. The van der Waals surface area contributed by atoms with Gasteiger partial charge in [0.05, 0.1) is 31.0 Å². The van der Waals surface area contributed by atoms with Gasteiger partial charge in [-0.25, -0.2) is 9.59 Å². The molecule has 2 rings (SSSR count). The van der Waals surface area contributed by atoms with Gasteiger partial charge in [0.1, 0.15) is 5.76 Å². The number of nitrogens with one attached hydrogen (secondary N) is 2. The van der Waals surface area contributed by atoms with E-state index in [2.05, 4.69) is 10.6 Å². The predicted molar refractivity (Wildman–Crippen MR) is 84.4 cm³/mol. The molecule has 0 bridgehead atoms. The molecule has 1 aromatic heterocycles. The van der Waals surface area contributed by atoms with E-state index in [-0.39, 0.29) is 12.1 Å². The van der Waals surface area contributed by atoms with E-state index in [1.165, 1.54) is 0 Å². The maximum absolute atomic E-state index is 12.3. The highest BCUT2D eigenvalue weighted by molar-refractivity contribution is 5.94. The van der Waals surface area contributed by atoms with E-state index in [0.29, 0.717) is 37.4 Å². The number of furan rings is 1. The first-order valence-electron chi connectivity index (χ1n) is 7.73. The molecule has 2 heterocycles. The minimum Gasteiger partial charge on any atom is -0.468 e.